The Balaban J connectivity index is 1.91. The maximum atomic E-state index is 13.5. The fourth-order valence-electron chi connectivity index (χ4n) is 6.81. The number of methoxy groups -OCH3 is 2. The molecule has 1 saturated carbocycles. The van der Waals surface area contributed by atoms with Crippen LogP contribution in [0.1, 0.15) is 69.1 Å². The van der Waals surface area contributed by atoms with Gasteiger partial charge in [0, 0.05) is 43.6 Å². The van der Waals surface area contributed by atoms with Crippen LogP contribution in [0.5, 0.6) is 5.75 Å². The second-order valence-electron chi connectivity index (χ2n) is 10.7. The van der Waals surface area contributed by atoms with Gasteiger partial charge in [-0.3, -0.25) is 4.79 Å². The summed E-state index contributed by atoms with van der Waals surface area (Å²) in [6, 6.07) is 2.05. The Labute approximate surface area is 196 Å². The Morgan fingerprint density at radius 1 is 1.06 bits per heavy atom. The van der Waals surface area contributed by atoms with Crippen LogP contribution in [0, 0.1) is 31.1 Å². The van der Waals surface area contributed by atoms with Crippen molar-refractivity contribution in [1.82, 2.24) is 0 Å². The molecule has 0 bridgehead atoms. The van der Waals surface area contributed by atoms with Gasteiger partial charge in [-0.15, -0.1) is 0 Å². The van der Waals surface area contributed by atoms with Crippen LogP contribution in [0.25, 0.3) is 0 Å². The minimum Gasteiger partial charge on any atom is -0.485 e. The van der Waals surface area contributed by atoms with Gasteiger partial charge in [-0.2, -0.15) is 0 Å². The molecule has 3 unspecified atom stereocenters. The predicted octanol–water partition coefficient (Wildman–Crippen LogP) is 4.57. The predicted molar refractivity (Wildman–Crippen MR) is 125 cm³/mol. The summed E-state index contributed by atoms with van der Waals surface area (Å²) < 4.78 is 23.6. The lowest BCUT2D eigenvalue weighted by Crippen LogP contribution is -2.63. The molecule has 2 heterocycles. The first-order chi connectivity index (χ1) is 15.4. The van der Waals surface area contributed by atoms with Crippen molar-refractivity contribution in [3.63, 3.8) is 0 Å². The van der Waals surface area contributed by atoms with Crippen molar-refractivity contribution >= 4 is 5.97 Å². The SMILES string of the molecule is COC(OC)c1c(C)cc2c(c(C)c1=O)OC1(C2)C(C)CCC2C(C)(C)OC(=O)C=C[C@]21C. The summed E-state index contributed by atoms with van der Waals surface area (Å²) in [6.45, 7) is 12.1. The average Bonchev–Trinajstić information content (AvgIpc) is 3.06. The van der Waals surface area contributed by atoms with Crippen LogP contribution in [0.15, 0.2) is 23.0 Å². The molecule has 1 fully saturated rings. The van der Waals surface area contributed by atoms with E-state index in [0.29, 0.717) is 23.3 Å². The van der Waals surface area contributed by atoms with E-state index < -0.39 is 22.9 Å². The molecule has 2 aliphatic heterocycles. The Kier molecular flexibility index (Phi) is 5.77. The van der Waals surface area contributed by atoms with Crippen molar-refractivity contribution in [2.24, 2.45) is 17.3 Å². The van der Waals surface area contributed by atoms with Gasteiger partial charge in [0.25, 0.3) is 0 Å². The van der Waals surface area contributed by atoms with Crippen molar-refractivity contribution in [3.05, 3.63) is 50.7 Å². The van der Waals surface area contributed by atoms with Gasteiger partial charge in [0.05, 0.1) is 5.56 Å². The maximum Gasteiger partial charge on any atom is 0.330 e. The van der Waals surface area contributed by atoms with Crippen LogP contribution in [-0.4, -0.2) is 31.4 Å². The topological polar surface area (TPSA) is 71.1 Å². The van der Waals surface area contributed by atoms with E-state index in [-0.39, 0.29) is 23.2 Å². The van der Waals surface area contributed by atoms with Crippen molar-refractivity contribution in [3.8, 4) is 5.75 Å². The van der Waals surface area contributed by atoms with Gasteiger partial charge in [0.2, 0.25) is 0 Å². The number of ether oxygens (including phenoxy) is 4. The van der Waals surface area contributed by atoms with Crippen LogP contribution in [0.3, 0.4) is 0 Å². The Morgan fingerprint density at radius 2 is 1.73 bits per heavy atom. The molecule has 3 aliphatic rings. The maximum absolute atomic E-state index is 13.5. The molecule has 33 heavy (non-hydrogen) atoms. The first-order valence-electron chi connectivity index (χ1n) is 11.8. The van der Waals surface area contributed by atoms with E-state index >= 15 is 0 Å². The van der Waals surface area contributed by atoms with E-state index in [1.165, 1.54) is 14.2 Å². The van der Waals surface area contributed by atoms with E-state index in [1.807, 2.05) is 39.8 Å². The van der Waals surface area contributed by atoms with E-state index in [0.717, 1.165) is 24.0 Å². The summed E-state index contributed by atoms with van der Waals surface area (Å²) in [7, 11) is 3.06. The van der Waals surface area contributed by atoms with Gasteiger partial charge in [0.15, 0.2) is 11.7 Å². The van der Waals surface area contributed by atoms with E-state index in [2.05, 4.69) is 13.8 Å². The van der Waals surface area contributed by atoms with Gasteiger partial charge in [-0.25, -0.2) is 4.79 Å². The zero-order valence-corrected chi connectivity index (χ0v) is 21.0. The first kappa shape index (κ1) is 24.0. The summed E-state index contributed by atoms with van der Waals surface area (Å²) in [5, 5.41) is 0. The summed E-state index contributed by atoms with van der Waals surface area (Å²) in [4.78, 5) is 25.9. The molecule has 0 N–H and O–H groups in total. The minimum atomic E-state index is -0.734. The van der Waals surface area contributed by atoms with Crippen LogP contribution in [0.2, 0.25) is 0 Å². The molecule has 1 aliphatic carbocycles. The lowest BCUT2D eigenvalue weighted by Gasteiger charge is -2.57. The molecule has 0 radical (unpaired) electrons. The summed E-state index contributed by atoms with van der Waals surface area (Å²) >= 11 is 0. The van der Waals surface area contributed by atoms with E-state index in [9.17, 15) is 9.59 Å². The van der Waals surface area contributed by atoms with Crippen LogP contribution in [-0.2, 0) is 25.4 Å². The highest BCUT2D eigenvalue weighted by Gasteiger charge is 2.65. The number of carbonyl (C=O) groups is 1. The van der Waals surface area contributed by atoms with Crippen LogP contribution < -0.4 is 10.2 Å². The van der Waals surface area contributed by atoms with Crippen molar-refractivity contribution in [2.45, 2.75) is 78.3 Å². The third kappa shape index (κ3) is 3.36. The van der Waals surface area contributed by atoms with Crippen molar-refractivity contribution in [1.29, 1.82) is 0 Å². The third-order valence-electron chi connectivity index (χ3n) is 8.52. The molecule has 4 atom stereocenters. The second kappa shape index (κ2) is 7.95. The number of aryl methyl sites for hydroxylation is 1. The number of esters is 1. The molecule has 1 spiro atoms. The van der Waals surface area contributed by atoms with Crippen molar-refractivity contribution in [2.75, 3.05) is 14.2 Å². The van der Waals surface area contributed by atoms with E-state index in [1.54, 1.807) is 6.08 Å². The van der Waals surface area contributed by atoms with Crippen LogP contribution in [0.4, 0.5) is 0 Å². The fourth-order valence-corrected chi connectivity index (χ4v) is 6.81. The van der Waals surface area contributed by atoms with E-state index in [4.69, 9.17) is 18.9 Å². The normalized spacial score (nSPS) is 32.2. The highest BCUT2D eigenvalue weighted by Crippen LogP contribution is 2.61. The fraction of sp³-hybridized carbons (Fsp3) is 0.630. The molecule has 0 aromatic heterocycles. The molecule has 6 nitrogen and oxygen atoms in total. The number of fused-ring (bicyclic) bond motifs is 3. The molecule has 1 aromatic carbocycles. The van der Waals surface area contributed by atoms with Crippen LogP contribution >= 0.6 is 0 Å². The third-order valence-corrected chi connectivity index (χ3v) is 8.52. The molecule has 6 heteroatoms. The number of hydrogen-bond donors (Lipinski definition) is 0. The summed E-state index contributed by atoms with van der Waals surface area (Å²) in [6.07, 6.45) is 5.39. The highest BCUT2D eigenvalue weighted by molar-refractivity contribution is 5.83. The van der Waals surface area contributed by atoms with Gasteiger partial charge in [-0.1, -0.05) is 26.0 Å². The molecule has 180 valence electrons. The molecular weight excluding hydrogens is 420 g/mol. The Morgan fingerprint density at radius 3 is 2.36 bits per heavy atom. The molecule has 0 saturated heterocycles. The van der Waals surface area contributed by atoms with Crippen molar-refractivity contribution < 1.29 is 23.7 Å². The standard InChI is InChI=1S/C27H36O6/c1-15-13-18-14-27(33-23(18)17(3)22(29)21(15)24(30-7)31-8)16(2)9-10-19-25(4,5)32-20(28)11-12-26(19,27)6/h11-13,16,19,24H,9-10,14H2,1-8H3/t16?,19?,26-,27?/m1/s1. The monoisotopic (exact) mass is 456 g/mol. The molecule has 1 aromatic rings. The Hall–Kier alpha value is -2.18. The molecular formula is C27H36O6. The molecule has 0 amide bonds. The highest BCUT2D eigenvalue weighted by atomic mass is 16.7. The van der Waals surface area contributed by atoms with Gasteiger partial charge in [-0.05, 0) is 57.6 Å². The summed E-state index contributed by atoms with van der Waals surface area (Å²) in [5.74, 6) is 0.646. The number of hydrogen-bond acceptors (Lipinski definition) is 6. The minimum absolute atomic E-state index is 0.0852. The average molecular weight is 457 g/mol. The zero-order valence-electron chi connectivity index (χ0n) is 21.0. The lowest BCUT2D eigenvalue weighted by atomic mass is 9.50. The van der Waals surface area contributed by atoms with Gasteiger partial charge in [0.1, 0.15) is 17.0 Å². The van der Waals surface area contributed by atoms with Gasteiger partial charge < -0.3 is 18.9 Å². The smallest absolute Gasteiger partial charge is 0.330 e. The largest absolute Gasteiger partial charge is 0.485 e. The lowest BCUT2D eigenvalue weighted by molar-refractivity contribution is -0.181. The quantitative estimate of drug-likeness (QED) is 0.490. The second-order valence-corrected chi connectivity index (χ2v) is 10.7. The first-order valence-corrected chi connectivity index (χ1v) is 11.8. The number of cyclic esters (lactones) is 1. The number of rotatable bonds is 3. The Bertz CT molecular complexity index is 1070. The summed E-state index contributed by atoms with van der Waals surface area (Å²) in [5.41, 5.74) is 1.10. The number of carbonyl (C=O) groups excluding carboxylic acids is 1. The van der Waals surface area contributed by atoms with Gasteiger partial charge >= 0.3 is 5.97 Å². The molecule has 4 rings (SSSR count). The zero-order chi connectivity index (χ0) is 24.3.